The SMILES string of the molecule is NNC(Cc1ccc(F)cc1Br)c1cn[nH]c1N. The van der Waals surface area contributed by atoms with Gasteiger partial charge in [0, 0.05) is 10.0 Å². The van der Waals surface area contributed by atoms with Gasteiger partial charge in [-0.2, -0.15) is 5.10 Å². The Hall–Kier alpha value is -1.44. The van der Waals surface area contributed by atoms with E-state index in [0.717, 1.165) is 11.1 Å². The zero-order chi connectivity index (χ0) is 13.1. The Morgan fingerprint density at radius 2 is 2.28 bits per heavy atom. The molecule has 96 valence electrons. The molecule has 0 aliphatic carbocycles. The number of nitrogens with zero attached hydrogens (tertiary/aromatic N) is 1. The molecule has 7 heteroatoms. The van der Waals surface area contributed by atoms with Crippen molar-refractivity contribution in [1.82, 2.24) is 15.6 Å². The molecule has 0 amide bonds. The van der Waals surface area contributed by atoms with E-state index in [2.05, 4.69) is 31.6 Å². The summed E-state index contributed by atoms with van der Waals surface area (Å²) in [7, 11) is 0. The Bertz CT molecular complexity index is 542. The lowest BCUT2D eigenvalue weighted by Gasteiger charge is -2.16. The predicted molar refractivity (Wildman–Crippen MR) is 70.9 cm³/mol. The van der Waals surface area contributed by atoms with E-state index < -0.39 is 0 Å². The fourth-order valence-electron chi connectivity index (χ4n) is 1.75. The van der Waals surface area contributed by atoms with Gasteiger partial charge < -0.3 is 5.73 Å². The second-order valence-corrected chi connectivity index (χ2v) is 4.75. The summed E-state index contributed by atoms with van der Waals surface area (Å²) in [5.74, 6) is 5.71. The van der Waals surface area contributed by atoms with Crippen LogP contribution < -0.4 is 17.0 Å². The van der Waals surface area contributed by atoms with E-state index in [0.29, 0.717) is 16.7 Å². The topological polar surface area (TPSA) is 92.7 Å². The Morgan fingerprint density at radius 3 is 2.83 bits per heavy atom. The third-order valence-corrected chi connectivity index (χ3v) is 3.45. The maximum Gasteiger partial charge on any atom is 0.124 e. The van der Waals surface area contributed by atoms with Gasteiger partial charge in [0.05, 0.1) is 12.2 Å². The van der Waals surface area contributed by atoms with Crippen molar-refractivity contribution in [3.8, 4) is 0 Å². The van der Waals surface area contributed by atoms with Crippen LogP contribution in [-0.4, -0.2) is 10.2 Å². The number of halogens is 2. The number of anilines is 1. The molecule has 1 aromatic carbocycles. The highest BCUT2D eigenvalue weighted by atomic mass is 79.9. The smallest absolute Gasteiger partial charge is 0.124 e. The van der Waals surface area contributed by atoms with Crippen LogP contribution in [0.3, 0.4) is 0 Å². The van der Waals surface area contributed by atoms with E-state index in [1.54, 1.807) is 12.3 Å². The highest BCUT2D eigenvalue weighted by molar-refractivity contribution is 9.10. The zero-order valence-corrected chi connectivity index (χ0v) is 11.0. The van der Waals surface area contributed by atoms with Gasteiger partial charge in [-0.15, -0.1) is 0 Å². The molecule has 1 aromatic heterocycles. The van der Waals surface area contributed by atoms with Crippen LogP contribution in [0.1, 0.15) is 17.2 Å². The summed E-state index contributed by atoms with van der Waals surface area (Å²) in [6, 6.07) is 4.35. The zero-order valence-electron chi connectivity index (χ0n) is 9.45. The van der Waals surface area contributed by atoms with Crippen LogP contribution in [0.25, 0.3) is 0 Å². The number of hydrazine groups is 1. The largest absolute Gasteiger partial charge is 0.384 e. The Morgan fingerprint density at radius 1 is 1.50 bits per heavy atom. The van der Waals surface area contributed by atoms with Gasteiger partial charge >= 0.3 is 0 Å². The molecule has 1 heterocycles. The molecule has 2 rings (SSSR count). The van der Waals surface area contributed by atoms with Gasteiger partial charge in [-0.25, -0.2) is 4.39 Å². The minimum atomic E-state index is -0.286. The minimum Gasteiger partial charge on any atom is -0.384 e. The normalized spacial score (nSPS) is 12.6. The molecule has 0 bridgehead atoms. The molecule has 5 nitrogen and oxygen atoms in total. The quantitative estimate of drug-likeness (QED) is 0.510. The standard InChI is InChI=1S/C11H13BrFN5/c12-9-4-7(13)2-1-6(9)3-10(17-15)8-5-16-18-11(8)14/h1-2,4-5,10,17H,3,15H2,(H3,14,16,18). The van der Waals surface area contributed by atoms with E-state index in [9.17, 15) is 4.39 Å². The number of benzene rings is 1. The highest BCUT2D eigenvalue weighted by Crippen LogP contribution is 2.26. The van der Waals surface area contributed by atoms with Gasteiger partial charge in [-0.05, 0) is 24.1 Å². The molecule has 1 unspecified atom stereocenters. The molecule has 0 spiro atoms. The van der Waals surface area contributed by atoms with Crippen LogP contribution in [0.5, 0.6) is 0 Å². The number of aromatic nitrogens is 2. The average molecular weight is 314 g/mol. The van der Waals surface area contributed by atoms with Crippen molar-refractivity contribution >= 4 is 21.7 Å². The minimum absolute atomic E-state index is 0.189. The van der Waals surface area contributed by atoms with Crippen LogP contribution >= 0.6 is 15.9 Å². The van der Waals surface area contributed by atoms with Crippen molar-refractivity contribution in [1.29, 1.82) is 0 Å². The molecule has 1 atom stereocenters. The number of H-pyrrole nitrogens is 1. The molecule has 6 N–H and O–H groups in total. The summed E-state index contributed by atoms with van der Waals surface area (Å²) in [5, 5.41) is 6.50. The first-order valence-corrected chi connectivity index (χ1v) is 6.10. The van der Waals surface area contributed by atoms with Gasteiger partial charge in [0.15, 0.2) is 0 Å². The summed E-state index contributed by atoms with van der Waals surface area (Å²) in [5.41, 5.74) is 10.1. The number of aromatic amines is 1. The van der Waals surface area contributed by atoms with E-state index in [1.807, 2.05) is 0 Å². The lowest BCUT2D eigenvalue weighted by atomic mass is 10.0. The van der Waals surface area contributed by atoms with Crippen molar-refractivity contribution < 1.29 is 4.39 Å². The molecular formula is C11H13BrFN5. The molecular weight excluding hydrogens is 301 g/mol. The van der Waals surface area contributed by atoms with Gasteiger partial charge in [-0.1, -0.05) is 22.0 Å². The Labute approximate surface area is 112 Å². The molecule has 0 saturated heterocycles. The third kappa shape index (κ3) is 2.69. The number of rotatable bonds is 4. The predicted octanol–water partition coefficient (Wildman–Crippen LogP) is 1.64. The summed E-state index contributed by atoms with van der Waals surface area (Å²) in [6.45, 7) is 0. The fraction of sp³-hybridized carbons (Fsp3) is 0.182. The molecule has 0 aliphatic heterocycles. The highest BCUT2D eigenvalue weighted by Gasteiger charge is 2.16. The average Bonchev–Trinajstić information content (AvgIpc) is 2.75. The van der Waals surface area contributed by atoms with Crippen LogP contribution in [0.15, 0.2) is 28.9 Å². The lowest BCUT2D eigenvalue weighted by Crippen LogP contribution is -2.30. The van der Waals surface area contributed by atoms with Crippen molar-refractivity contribution in [2.45, 2.75) is 12.5 Å². The van der Waals surface area contributed by atoms with Crippen molar-refractivity contribution in [3.63, 3.8) is 0 Å². The first kappa shape index (κ1) is 13.0. The van der Waals surface area contributed by atoms with Crippen LogP contribution in [0, 0.1) is 5.82 Å². The third-order valence-electron chi connectivity index (χ3n) is 2.72. The number of hydrogen-bond donors (Lipinski definition) is 4. The van der Waals surface area contributed by atoms with Crippen LogP contribution in [-0.2, 0) is 6.42 Å². The lowest BCUT2D eigenvalue weighted by molar-refractivity contribution is 0.551. The summed E-state index contributed by atoms with van der Waals surface area (Å²) in [6.07, 6.45) is 2.19. The van der Waals surface area contributed by atoms with Crippen LogP contribution in [0.4, 0.5) is 10.2 Å². The summed E-state index contributed by atoms with van der Waals surface area (Å²) < 4.78 is 13.7. The molecule has 18 heavy (non-hydrogen) atoms. The molecule has 0 aliphatic rings. The molecule has 2 aromatic rings. The number of nitrogen functional groups attached to an aromatic ring is 1. The molecule has 0 radical (unpaired) electrons. The first-order chi connectivity index (χ1) is 8.61. The second kappa shape index (κ2) is 5.47. The number of hydrogen-bond acceptors (Lipinski definition) is 4. The van der Waals surface area contributed by atoms with Crippen LogP contribution in [0.2, 0.25) is 0 Å². The van der Waals surface area contributed by atoms with E-state index in [4.69, 9.17) is 11.6 Å². The molecule has 0 saturated carbocycles. The molecule has 0 fully saturated rings. The maximum atomic E-state index is 13.0. The maximum absolute atomic E-state index is 13.0. The first-order valence-electron chi connectivity index (χ1n) is 5.30. The Kier molecular flexibility index (Phi) is 3.95. The van der Waals surface area contributed by atoms with Crippen molar-refractivity contribution in [3.05, 3.63) is 45.8 Å². The summed E-state index contributed by atoms with van der Waals surface area (Å²) in [4.78, 5) is 0. The van der Waals surface area contributed by atoms with Gasteiger partial charge in [0.2, 0.25) is 0 Å². The van der Waals surface area contributed by atoms with E-state index >= 15 is 0 Å². The van der Waals surface area contributed by atoms with Gasteiger partial charge in [-0.3, -0.25) is 16.4 Å². The monoisotopic (exact) mass is 313 g/mol. The fourth-order valence-corrected chi connectivity index (χ4v) is 2.26. The van der Waals surface area contributed by atoms with Crippen molar-refractivity contribution in [2.24, 2.45) is 5.84 Å². The van der Waals surface area contributed by atoms with Gasteiger partial charge in [0.1, 0.15) is 11.6 Å². The van der Waals surface area contributed by atoms with Gasteiger partial charge in [0.25, 0.3) is 0 Å². The number of nitrogens with one attached hydrogen (secondary N) is 2. The number of nitrogens with two attached hydrogens (primary N) is 2. The van der Waals surface area contributed by atoms with E-state index in [-0.39, 0.29) is 11.9 Å². The Balaban J connectivity index is 2.23. The van der Waals surface area contributed by atoms with E-state index in [1.165, 1.54) is 12.1 Å². The summed E-state index contributed by atoms with van der Waals surface area (Å²) >= 11 is 3.32. The second-order valence-electron chi connectivity index (χ2n) is 3.90. The van der Waals surface area contributed by atoms with Crippen molar-refractivity contribution in [2.75, 3.05) is 5.73 Å².